The highest BCUT2D eigenvalue weighted by Gasteiger charge is 2.35. The van der Waals surface area contributed by atoms with Crippen molar-refractivity contribution in [1.29, 1.82) is 0 Å². The molecule has 1 aromatic heterocycles. The average molecular weight is 680 g/mol. The Hall–Kier alpha value is -4.93. The zero-order chi connectivity index (χ0) is 35.3. The predicted molar refractivity (Wildman–Crippen MR) is 192 cm³/mol. The van der Waals surface area contributed by atoms with Crippen LogP contribution in [0.4, 0.5) is 4.39 Å². The minimum atomic E-state index is -0.915. The summed E-state index contributed by atoms with van der Waals surface area (Å²) in [6.07, 6.45) is 6.45. The van der Waals surface area contributed by atoms with Gasteiger partial charge in [-0.3, -0.25) is 19.4 Å². The smallest absolute Gasteiger partial charge is 0.249 e. The molecule has 2 heterocycles. The van der Waals surface area contributed by atoms with Gasteiger partial charge < -0.3 is 25.2 Å². The summed E-state index contributed by atoms with van der Waals surface area (Å²) in [5.74, 6) is -1.44. The van der Waals surface area contributed by atoms with Crippen molar-refractivity contribution in [3.63, 3.8) is 0 Å². The number of carbonyl (C=O) groups is 3. The third kappa shape index (κ3) is 10.3. The minimum absolute atomic E-state index is 0.163. The number of nitrogens with zero attached hydrogens (tertiary/aromatic N) is 3. The topological polar surface area (TPSA) is 104 Å². The maximum Gasteiger partial charge on any atom is 0.249 e. The highest BCUT2D eigenvalue weighted by molar-refractivity contribution is 5.92. The average Bonchev–Trinajstić information content (AvgIpc) is 3.67. The van der Waals surface area contributed by atoms with Crippen molar-refractivity contribution in [1.82, 2.24) is 25.4 Å². The summed E-state index contributed by atoms with van der Waals surface area (Å²) in [5.41, 5.74) is 4.70. The molecule has 4 aromatic rings. The van der Waals surface area contributed by atoms with Crippen LogP contribution in [0.15, 0.2) is 103 Å². The molecule has 0 bridgehead atoms. The molecule has 10 heteroatoms. The molecule has 3 unspecified atom stereocenters. The van der Waals surface area contributed by atoms with Gasteiger partial charge in [-0.2, -0.15) is 0 Å². The first-order chi connectivity index (χ1) is 24.3. The molecule has 1 aliphatic heterocycles. The van der Waals surface area contributed by atoms with Crippen LogP contribution >= 0.6 is 0 Å². The van der Waals surface area contributed by atoms with E-state index in [4.69, 9.17) is 4.74 Å². The summed E-state index contributed by atoms with van der Waals surface area (Å²) >= 11 is 0. The van der Waals surface area contributed by atoms with Gasteiger partial charge in [0.05, 0.1) is 6.61 Å². The molecule has 0 radical (unpaired) electrons. The molecule has 9 nitrogen and oxygen atoms in total. The van der Waals surface area contributed by atoms with E-state index < -0.39 is 12.1 Å². The van der Waals surface area contributed by atoms with Gasteiger partial charge in [0.2, 0.25) is 17.7 Å². The van der Waals surface area contributed by atoms with E-state index >= 15 is 0 Å². The van der Waals surface area contributed by atoms with E-state index in [0.29, 0.717) is 25.1 Å². The Balaban J connectivity index is 1.35. The zero-order valence-corrected chi connectivity index (χ0v) is 28.8. The lowest BCUT2D eigenvalue weighted by atomic mass is 9.98. The molecular formula is C40H46FN5O4. The summed E-state index contributed by atoms with van der Waals surface area (Å²) in [4.78, 5) is 48.7. The van der Waals surface area contributed by atoms with Gasteiger partial charge >= 0.3 is 0 Å². The number of aromatic nitrogens is 1. The van der Waals surface area contributed by atoms with Crippen molar-refractivity contribution in [3.05, 3.63) is 126 Å². The fourth-order valence-corrected chi connectivity index (χ4v) is 6.18. The summed E-state index contributed by atoms with van der Waals surface area (Å²) < 4.78 is 19.6. The van der Waals surface area contributed by atoms with Crippen molar-refractivity contribution < 1.29 is 23.5 Å². The molecule has 3 atom stereocenters. The van der Waals surface area contributed by atoms with Crippen LogP contribution in [0.1, 0.15) is 29.5 Å². The lowest BCUT2D eigenvalue weighted by Gasteiger charge is -2.34. The fourth-order valence-electron chi connectivity index (χ4n) is 6.18. The van der Waals surface area contributed by atoms with Crippen molar-refractivity contribution in [3.8, 4) is 11.1 Å². The number of benzene rings is 3. The number of nitrogens with one attached hydrogen (secondary N) is 2. The lowest BCUT2D eigenvalue weighted by Crippen LogP contribution is -2.56. The van der Waals surface area contributed by atoms with Crippen LogP contribution in [0.2, 0.25) is 0 Å². The van der Waals surface area contributed by atoms with Crippen LogP contribution in [0.3, 0.4) is 0 Å². The van der Waals surface area contributed by atoms with E-state index in [1.54, 1.807) is 38.6 Å². The Bertz CT molecular complexity index is 1670. The highest BCUT2D eigenvalue weighted by Crippen LogP contribution is 2.22. The monoisotopic (exact) mass is 679 g/mol. The number of ether oxygens (including phenoxy) is 1. The molecule has 1 aliphatic rings. The number of rotatable bonds is 16. The Morgan fingerprint density at radius 1 is 0.840 bits per heavy atom. The second kappa shape index (κ2) is 18.2. The second-order valence-electron chi connectivity index (χ2n) is 12.8. The third-order valence-electron chi connectivity index (χ3n) is 9.27. The summed E-state index contributed by atoms with van der Waals surface area (Å²) in [6, 6.07) is 26.0. The van der Waals surface area contributed by atoms with Crippen LogP contribution in [0.25, 0.3) is 11.1 Å². The van der Waals surface area contributed by atoms with Crippen molar-refractivity contribution in [2.24, 2.45) is 0 Å². The minimum Gasteiger partial charge on any atom is -0.370 e. The standard InChI is InChI=1S/C40H46FN5O4/c1-45(38(47)28-50-27-35-9-6-21-43-35)37(26-30-10-14-33(15-11-30)32-7-4-3-5-8-32)40(49)46(2)36(25-31-12-16-34(41)17-13-31)39(48)44-24-20-29-18-22-42-23-19-29/h3-5,7-8,10-19,22-23,35-37,43H,6,9,20-21,24-28H2,1-2H3,(H,44,48). The molecule has 0 aliphatic carbocycles. The number of hydrogen-bond acceptors (Lipinski definition) is 6. The van der Waals surface area contributed by atoms with Crippen molar-refractivity contribution in [2.45, 2.75) is 50.2 Å². The van der Waals surface area contributed by atoms with E-state index in [1.165, 1.54) is 21.9 Å². The summed E-state index contributed by atoms with van der Waals surface area (Å²) in [7, 11) is 3.20. The van der Waals surface area contributed by atoms with Gasteiger partial charge in [-0.1, -0.05) is 66.7 Å². The van der Waals surface area contributed by atoms with Gasteiger partial charge in [-0.05, 0) is 77.9 Å². The molecule has 0 spiro atoms. The van der Waals surface area contributed by atoms with E-state index in [1.807, 2.05) is 66.7 Å². The first kappa shape index (κ1) is 36.4. The molecule has 50 heavy (non-hydrogen) atoms. The first-order valence-electron chi connectivity index (χ1n) is 17.2. The molecule has 262 valence electrons. The summed E-state index contributed by atoms with van der Waals surface area (Å²) in [5, 5.41) is 6.34. The van der Waals surface area contributed by atoms with Gasteiger partial charge in [-0.15, -0.1) is 0 Å². The van der Waals surface area contributed by atoms with Gasteiger partial charge in [0.15, 0.2) is 0 Å². The molecular weight excluding hydrogens is 633 g/mol. The Labute approximate surface area is 293 Å². The number of hydrogen-bond donors (Lipinski definition) is 2. The van der Waals surface area contributed by atoms with Gasteiger partial charge in [0, 0.05) is 51.9 Å². The number of carbonyl (C=O) groups excluding carboxylic acids is 3. The number of halogens is 1. The van der Waals surface area contributed by atoms with E-state index in [9.17, 15) is 18.8 Å². The van der Waals surface area contributed by atoms with E-state index in [2.05, 4.69) is 15.6 Å². The maximum absolute atomic E-state index is 14.5. The number of amides is 3. The first-order valence-corrected chi connectivity index (χ1v) is 17.2. The van der Waals surface area contributed by atoms with Crippen LogP contribution < -0.4 is 10.6 Å². The van der Waals surface area contributed by atoms with E-state index in [0.717, 1.165) is 41.6 Å². The van der Waals surface area contributed by atoms with Gasteiger partial charge in [0.1, 0.15) is 24.5 Å². The molecule has 1 saturated heterocycles. The second-order valence-corrected chi connectivity index (χ2v) is 12.8. The maximum atomic E-state index is 14.5. The molecule has 3 aromatic carbocycles. The SMILES string of the molecule is CN(C(=O)COCC1CCCN1)C(Cc1ccc(-c2ccccc2)cc1)C(=O)N(C)C(Cc1ccc(F)cc1)C(=O)NCCc1ccncc1. The zero-order valence-electron chi connectivity index (χ0n) is 28.8. The van der Waals surface area contributed by atoms with E-state index in [-0.39, 0.29) is 49.0 Å². The normalized spacial score (nSPS) is 15.2. The van der Waals surface area contributed by atoms with Crippen LogP contribution in [-0.4, -0.2) is 91.0 Å². The lowest BCUT2D eigenvalue weighted by molar-refractivity contribution is -0.149. The third-order valence-corrected chi connectivity index (χ3v) is 9.27. The summed E-state index contributed by atoms with van der Waals surface area (Å²) in [6.45, 7) is 1.54. The highest BCUT2D eigenvalue weighted by atomic mass is 19.1. The predicted octanol–water partition coefficient (Wildman–Crippen LogP) is 4.45. The Morgan fingerprint density at radius 2 is 1.48 bits per heavy atom. The number of pyridine rings is 1. The Morgan fingerprint density at radius 3 is 2.14 bits per heavy atom. The molecule has 5 rings (SSSR count). The van der Waals surface area contributed by atoms with Gasteiger partial charge in [0.25, 0.3) is 0 Å². The van der Waals surface area contributed by atoms with Crippen LogP contribution in [-0.2, 0) is 38.4 Å². The molecule has 3 amide bonds. The molecule has 2 N–H and O–H groups in total. The van der Waals surface area contributed by atoms with Crippen LogP contribution in [0, 0.1) is 5.82 Å². The van der Waals surface area contributed by atoms with Crippen molar-refractivity contribution in [2.75, 3.05) is 40.4 Å². The fraction of sp³-hybridized carbons (Fsp3) is 0.350. The molecule has 0 saturated carbocycles. The largest absolute Gasteiger partial charge is 0.370 e. The quantitative estimate of drug-likeness (QED) is 0.182. The number of likely N-dealkylation sites (N-methyl/N-ethyl adjacent to an activating group) is 2. The van der Waals surface area contributed by atoms with Crippen LogP contribution in [0.5, 0.6) is 0 Å². The van der Waals surface area contributed by atoms with Crippen molar-refractivity contribution >= 4 is 17.7 Å². The molecule has 1 fully saturated rings. The van der Waals surface area contributed by atoms with Gasteiger partial charge in [-0.25, -0.2) is 4.39 Å². The Kier molecular flexibility index (Phi) is 13.2.